The maximum Gasteiger partial charge on any atom is 0.246 e. The number of aromatic nitrogens is 2. The fourth-order valence-corrected chi connectivity index (χ4v) is 9.91. The number of rotatable bonds is 9. The summed E-state index contributed by atoms with van der Waals surface area (Å²) in [4.78, 5) is 98.9. The maximum atomic E-state index is 15.1. The third-order valence-corrected chi connectivity index (χ3v) is 13.4. The van der Waals surface area contributed by atoms with Gasteiger partial charge in [-0.1, -0.05) is 91.0 Å². The second-order valence-electron chi connectivity index (χ2n) is 17.9. The number of hydrogen-bond acceptors (Lipinski definition) is 8. The van der Waals surface area contributed by atoms with Crippen molar-refractivity contribution in [1.82, 2.24) is 41.0 Å². The Morgan fingerprint density at radius 1 is 0.537 bits per heavy atom. The molecule has 10 N–H and O–H groups in total. The average molecular weight is 905 g/mol. The molecule has 3 aliphatic heterocycles. The van der Waals surface area contributed by atoms with Crippen molar-refractivity contribution >= 4 is 57.2 Å². The van der Waals surface area contributed by atoms with E-state index < -0.39 is 77.7 Å². The molecule has 7 atom stereocenters. The average Bonchev–Trinajstić information content (AvgIpc) is 4.07. The van der Waals surface area contributed by atoms with Crippen LogP contribution in [0, 0.1) is 0 Å². The van der Waals surface area contributed by atoms with Gasteiger partial charge in [-0.3, -0.25) is 28.8 Å². The molecule has 6 amide bonds. The van der Waals surface area contributed by atoms with Crippen molar-refractivity contribution in [3.05, 3.63) is 143 Å². The van der Waals surface area contributed by atoms with E-state index in [1.165, 1.54) is 9.80 Å². The molecule has 2 saturated heterocycles. The fraction of sp³-hybridized carbons (Fsp3) is 0.333. The Labute approximate surface area is 387 Å². The van der Waals surface area contributed by atoms with Crippen molar-refractivity contribution in [3.63, 3.8) is 0 Å². The third-order valence-electron chi connectivity index (χ3n) is 13.4. The molecule has 16 nitrogen and oxygen atoms in total. The lowest BCUT2D eigenvalue weighted by atomic mass is 9.92. The molecule has 3 aliphatic rings. The van der Waals surface area contributed by atoms with E-state index in [4.69, 9.17) is 11.5 Å². The second kappa shape index (κ2) is 19.7. The zero-order chi connectivity index (χ0) is 46.6. The number of nitrogens with zero attached hydrogens (tertiary/aromatic N) is 2. The van der Waals surface area contributed by atoms with Gasteiger partial charge in [-0.25, -0.2) is 0 Å². The predicted octanol–water partition coefficient (Wildman–Crippen LogP) is 2.25. The van der Waals surface area contributed by atoms with E-state index in [2.05, 4.69) is 31.2 Å². The van der Waals surface area contributed by atoms with E-state index in [-0.39, 0.29) is 58.2 Å². The Morgan fingerprint density at radius 2 is 1.06 bits per heavy atom. The smallest absolute Gasteiger partial charge is 0.246 e. The van der Waals surface area contributed by atoms with Crippen LogP contribution in [0.2, 0.25) is 0 Å². The summed E-state index contributed by atoms with van der Waals surface area (Å²) in [5.74, 6) is -3.47. The number of carbonyl (C=O) groups is 6. The minimum absolute atomic E-state index is 0.0259. The van der Waals surface area contributed by atoms with Gasteiger partial charge in [0.15, 0.2) is 0 Å². The van der Waals surface area contributed by atoms with Crippen molar-refractivity contribution in [2.75, 3.05) is 13.1 Å². The van der Waals surface area contributed by atoms with Crippen LogP contribution in [0.1, 0.15) is 47.1 Å². The molecule has 4 aromatic carbocycles. The molecule has 2 aromatic heterocycles. The second-order valence-corrected chi connectivity index (χ2v) is 17.9. The molecule has 2 fully saturated rings. The molecule has 0 saturated carbocycles. The Bertz CT molecular complexity index is 2810. The third kappa shape index (κ3) is 9.67. The summed E-state index contributed by atoms with van der Waals surface area (Å²) in [5, 5.41) is 13.6. The number of aromatic amines is 2. The molecule has 16 heteroatoms. The summed E-state index contributed by atoms with van der Waals surface area (Å²) >= 11 is 0. The highest BCUT2D eigenvalue weighted by Crippen LogP contribution is 2.29. The van der Waals surface area contributed by atoms with E-state index in [1.54, 1.807) is 12.4 Å². The van der Waals surface area contributed by atoms with Crippen LogP contribution >= 0.6 is 0 Å². The van der Waals surface area contributed by atoms with Crippen molar-refractivity contribution < 1.29 is 28.8 Å². The summed E-state index contributed by atoms with van der Waals surface area (Å²) < 4.78 is 0. The van der Waals surface area contributed by atoms with Crippen molar-refractivity contribution in [2.45, 2.75) is 93.8 Å². The molecule has 0 unspecified atom stereocenters. The van der Waals surface area contributed by atoms with Gasteiger partial charge in [0.25, 0.3) is 0 Å². The van der Waals surface area contributed by atoms with Crippen LogP contribution in [0.5, 0.6) is 0 Å². The van der Waals surface area contributed by atoms with E-state index in [9.17, 15) is 24.0 Å². The van der Waals surface area contributed by atoms with Crippen LogP contribution < -0.4 is 32.7 Å². The van der Waals surface area contributed by atoms with Gasteiger partial charge >= 0.3 is 0 Å². The van der Waals surface area contributed by atoms with E-state index in [0.717, 1.165) is 49.6 Å². The van der Waals surface area contributed by atoms with E-state index in [1.807, 2.05) is 103 Å². The van der Waals surface area contributed by atoms with Gasteiger partial charge in [0.05, 0.1) is 0 Å². The molecule has 9 rings (SSSR count). The first-order valence-corrected chi connectivity index (χ1v) is 23.0. The normalized spacial score (nSPS) is 24.2. The lowest BCUT2D eigenvalue weighted by molar-refractivity contribution is -0.150. The summed E-state index contributed by atoms with van der Waals surface area (Å²) in [5.41, 5.74) is 18.1. The molecule has 0 aliphatic carbocycles. The van der Waals surface area contributed by atoms with Crippen molar-refractivity contribution in [3.8, 4) is 0 Å². The maximum absolute atomic E-state index is 15.1. The Balaban J connectivity index is 1.14. The van der Waals surface area contributed by atoms with Crippen LogP contribution in [0.3, 0.4) is 0 Å². The van der Waals surface area contributed by atoms with E-state index >= 15 is 4.79 Å². The first kappa shape index (κ1) is 44.9. The topological polar surface area (TPSA) is 241 Å². The minimum Gasteiger partial charge on any atom is -0.361 e. The minimum atomic E-state index is -1.23. The Morgan fingerprint density at radius 3 is 1.67 bits per heavy atom. The van der Waals surface area contributed by atoms with Crippen LogP contribution in [0.25, 0.3) is 21.8 Å². The standard InChI is InChI=1S/C51H56N10O6/c52-20-10-19-40-50(66)61-29-35(53)25-45(61)51(67)60-28-32-14-5-4-13-31(32)24-44(60)49(65)59-43(23-34-27-55-39-18-9-7-16-37(34)39)48(64)57-41(21-30-11-2-1-3-12-30)46(62)58-42(47(63)56-40)22-33-26-54-38-17-8-6-15-36(33)38/h1-9,11-18,26-27,35,40-45,54-55H,10,19-25,28-29,52-53H2,(H,56,63)(H,57,64)(H,58,62)(H,59,65)/t35-,40-,41+,42-,43-,44-,45+/m0/s1. The zero-order valence-corrected chi connectivity index (χ0v) is 37.1. The molecule has 0 spiro atoms. The molecule has 0 bridgehead atoms. The number of para-hydroxylation sites is 2. The predicted molar refractivity (Wildman–Crippen MR) is 253 cm³/mol. The quantitative estimate of drug-likeness (QED) is 0.107. The lowest BCUT2D eigenvalue weighted by Gasteiger charge is -2.40. The van der Waals surface area contributed by atoms with Gasteiger partial charge < -0.3 is 52.5 Å². The molecule has 67 heavy (non-hydrogen) atoms. The Kier molecular flexibility index (Phi) is 13.2. The molecule has 346 valence electrons. The number of amides is 6. The van der Waals surface area contributed by atoms with Crippen LogP contribution in [-0.4, -0.2) is 111 Å². The summed E-state index contributed by atoms with van der Waals surface area (Å²) in [6.07, 6.45) is 4.47. The summed E-state index contributed by atoms with van der Waals surface area (Å²) in [6.45, 7) is 0.334. The highest BCUT2D eigenvalue weighted by Gasteiger charge is 2.46. The van der Waals surface area contributed by atoms with E-state index in [0.29, 0.717) is 6.42 Å². The highest BCUT2D eigenvalue weighted by molar-refractivity contribution is 5.99. The molecular weight excluding hydrogens is 849 g/mol. The number of fused-ring (bicyclic) bond motifs is 5. The number of nitrogens with one attached hydrogen (secondary N) is 6. The van der Waals surface area contributed by atoms with Gasteiger partial charge in [0, 0.05) is 79.0 Å². The molecule has 0 radical (unpaired) electrons. The Hall–Kier alpha value is -7.30. The number of carbonyl (C=O) groups excluding carboxylic acids is 6. The number of H-pyrrole nitrogens is 2. The van der Waals surface area contributed by atoms with Gasteiger partial charge in [-0.05, 0) is 65.8 Å². The SMILES string of the molecule is NCCC[C@@H]1NC(=O)[C@H](Cc2c[nH]c3ccccc23)NC(=O)[C@@H](Cc2ccccc2)NC(=O)[C@H](Cc2c[nH]c3ccccc23)NC(=O)[C@@H]2Cc3ccccc3CN2C(=O)[C@H]2C[C@H](N)CN2C1=O. The van der Waals surface area contributed by atoms with Crippen LogP contribution in [0.15, 0.2) is 116 Å². The van der Waals surface area contributed by atoms with Gasteiger partial charge in [-0.2, -0.15) is 0 Å². The number of nitrogens with two attached hydrogens (primary N) is 2. The fourth-order valence-electron chi connectivity index (χ4n) is 9.91. The van der Waals surface area contributed by atoms with Gasteiger partial charge in [0.2, 0.25) is 35.4 Å². The number of benzene rings is 4. The largest absolute Gasteiger partial charge is 0.361 e. The number of hydrogen-bond donors (Lipinski definition) is 8. The van der Waals surface area contributed by atoms with Gasteiger partial charge in [-0.15, -0.1) is 0 Å². The van der Waals surface area contributed by atoms with Crippen LogP contribution in [0.4, 0.5) is 0 Å². The highest BCUT2D eigenvalue weighted by atomic mass is 16.2. The lowest BCUT2D eigenvalue weighted by Crippen LogP contribution is -2.63. The van der Waals surface area contributed by atoms with Crippen molar-refractivity contribution in [2.24, 2.45) is 11.5 Å². The summed E-state index contributed by atoms with van der Waals surface area (Å²) in [6, 6.07) is 24.4. The summed E-state index contributed by atoms with van der Waals surface area (Å²) in [7, 11) is 0. The zero-order valence-electron chi connectivity index (χ0n) is 37.1. The van der Waals surface area contributed by atoms with Crippen molar-refractivity contribution in [1.29, 1.82) is 0 Å². The first-order valence-electron chi connectivity index (χ1n) is 23.0. The molecule has 6 aromatic rings. The molecule has 5 heterocycles. The molecular formula is C51H56N10O6. The first-order chi connectivity index (χ1) is 32.5. The van der Waals surface area contributed by atoms with Gasteiger partial charge in [0.1, 0.15) is 36.3 Å². The van der Waals surface area contributed by atoms with Crippen LogP contribution in [-0.2, 0) is 61.0 Å². The monoisotopic (exact) mass is 904 g/mol.